The van der Waals surface area contributed by atoms with Crippen LogP contribution in [0.25, 0.3) is 0 Å². The molecule has 2 atom stereocenters. The third kappa shape index (κ3) is 6.98. The Balaban J connectivity index is 2.22. The van der Waals surface area contributed by atoms with Crippen molar-refractivity contribution in [1.82, 2.24) is 0 Å². The minimum atomic E-state index is -1.19. The molecular weight excluding hydrogens is 420 g/mol. The lowest BCUT2D eigenvalue weighted by Crippen LogP contribution is -2.29. The quantitative estimate of drug-likeness (QED) is 0.282. The van der Waals surface area contributed by atoms with Gasteiger partial charge in [-0.3, -0.25) is 0 Å². The summed E-state index contributed by atoms with van der Waals surface area (Å²) in [6, 6.07) is 9.92. The van der Waals surface area contributed by atoms with E-state index < -0.39 is 24.9 Å². The zero-order valence-corrected chi connectivity index (χ0v) is 18.3. The summed E-state index contributed by atoms with van der Waals surface area (Å²) in [7, 11) is 2.96. The van der Waals surface area contributed by atoms with Crippen molar-refractivity contribution in [3.63, 3.8) is 0 Å². The normalized spacial score (nSPS) is 13.0. The highest BCUT2D eigenvalue weighted by Crippen LogP contribution is 2.33. The molecule has 2 aromatic rings. The Morgan fingerprint density at radius 2 is 1.50 bits per heavy atom. The van der Waals surface area contributed by atoms with Crippen LogP contribution in [0.5, 0.6) is 23.0 Å². The third-order valence-corrected chi connectivity index (χ3v) is 4.85. The van der Waals surface area contributed by atoms with Gasteiger partial charge in [0.15, 0.2) is 17.6 Å². The fraction of sp³-hybridized carbons (Fsp3) is 0.478. The van der Waals surface area contributed by atoms with Gasteiger partial charge in [-0.15, -0.1) is 0 Å². The van der Waals surface area contributed by atoms with Crippen LogP contribution in [0.2, 0.25) is 0 Å². The molecule has 0 heterocycles. The maximum Gasteiger partial charge on any atom is 0.161 e. The first-order valence-corrected chi connectivity index (χ1v) is 10.3. The number of benzene rings is 2. The minimum absolute atomic E-state index is 0.0598. The van der Waals surface area contributed by atoms with Crippen LogP contribution in [0.1, 0.15) is 23.7 Å². The highest BCUT2D eigenvalue weighted by Gasteiger charge is 2.24. The molecule has 0 aliphatic rings. The van der Waals surface area contributed by atoms with E-state index in [1.54, 1.807) is 24.3 Å². The number of ether oxygens (including phenoxy) is 4. The molecule has 0 unspecified atom stereocenters. The molecule has 5 N–H and O–H groups in total. The molecule has 0 spiro atoms. The monoisotopic (exact) mass is 452 g/mol. The van der Waals surface area contributed by atoms with Crippen LogP contribution in [-0.2, 0) is 6.42 Å². The maximum absolute atomic E-state index is 10.8. The van der Waals surface area contributed by atoms with Gasteiger partial charge >= 0.3 is 0 Å². The van der Waals surface area contributed by atoms with E-state index in [1.165, 1.54) is 20.3 Å². The predicted molar refractivity (Wildman–Crippen MR) is 116 cm³/mol. The molecule has 178 valence electrons. The van der Waals surface area contributed by atoms with Crippen molar-refractivity contribution >= 4 is 0 Å². The van der Waals surface area contributed by atoms with Crippen LogP contribution in [0.3, 0.4) is 0 Å². The van der Waals surface area contributed by atoms with Crippen molar-refractivity contribution in [3.8, 4) is 23.0 Å². The number of aryl methyl sites for hydroxylation is 1. The van der Waals surface area contributed by atoms with Gasteiger partial charge in [-0.2, -0.15) is 0 Å². The van der Waals surface area contributed by atoms with Crippen LogP contribution in [-0.4, -0.2) is 78.4 Å². The van der Waals surface area contributed by atoms with Crippen molar-refractivity contribution in [2.75, 3.05) is 40.6 Å². The Labute approximate surface area is 187 Å². The Morgan fingerprint density at radius 3 is 2.09 bits per heavy atom. The standard InChI is InChI=1S/C23H32O9/c1-29-17-8-15(4-3-7-24)9-18(11-17)31-22(14-27)23(28)16-5-6-20(21(10-16)30-2)32-19(12-25)13-26/h5-6,8-11,19,22-28H,3-4,7,12-14H2,1-2H3/t22-,23-/m1/s1. The van der Waals surface area contributed by atoms with E-state index in [0.717, 1.165) is 5.56 Å². The second-order valence-electron chi connectivity index (χ2n) is 7.14. The van der Waals surface area contributed by atoms with Gasteiger partial charge in [-0.05, 0) is 48.2 Å². The topological polar surface area (TPSA) is 138 Å². The Bertz CT molecular complexity index is 823. The zero-order chi connectivity index (χ0) is 23.5. The van der Waals surface area contributed by atoms with Crippen molar-refractivity contribution in [2.45, 2.75) is 31.2 Å². The van der Waals surface area contributed by atoms with Crippen LogP contribution >= 0.6 is 0 Å². The van der Waals surface area contributed by atoms with E-state index in [1.807, 2.05) is 6.07 Å². The van der Waals surface area contributed by atoms with Crippen LogP contribution in [0, 0.1) is 0 Å². The molecule has 32 heavy (non-hydrogen) atoms. The Kier molecular flexibility index (Phi) is 10.5. The van der Waals surface area contributed by atoms with E-state index in [9.17, 15) is 20.4 Å². The van der Waals surface area contributed by atoms with Gasteiger partial charge < -0.3 is 44.5 Å². The van der Waals surface area contributed by atoms with Crippen molar-refractivity contribution in [2.24, 2.45) is 0 Å². The molecule has 0 saturated heterocycles. The van der Waals surface area contributed by atoms with Gasteiger partial charge in [0.1, 0.15) is 23.7 Å². The number of hydrogen-bond acceptors (Lipinski definition) is 9. The first-order chi connectivity index (χ1) is 15.5. The number of methoxy groups -OCH3 is 2. The van der Waals surface area contributed by atoms with Crippen LogP contribution in [0.4, 0.5) is 0 Å². The smallest absolute Gasteiger partial charge is 0.161 e. The van der Waals surface area contributed by atoms with E-state index in [-0.39, 0.29) is 25.6 Å². The van der Waals surface area contributed by atoms with Gasteiger partial charge in [0, 0.05) is 12.7 Å². The molecule has 0 aliphatic heterocycles. The van der Waals surface area contributed by atoms with Gasteiger partial charge in [0.25, 0.3) is 0 Å². The number of rotatable bonds is 14. The summed E-state index contributed by atoms with van der Waals surface area (Å²) in [6.45, 7) is -1.14. The largest absolute Gasteiger partial charge is 0.497 e. The Hall–Kier alpha value is -2.56. The second kappa shape index (κ2) is 13.1. The fourth-order valence-corrected chi connectivity index (χ4v) is 3.11. The van der Waals surface area contributed by atoms with Crippen LogP contribution in [0.15, 0.2) is 36.4 Å². The molecule has 2 aromatic carbocycles. The fourth-order valence-electron chi connectivity index (χ4n) is 3.11. The van der Waals surface area contributed by atoms with E-state index in [4.69, 9.17) is 24.1 Å². The average Bonchev–Trinajstić information content (AvgIpc) is 2.83. The molecule has 0 amide bonds. The molecule has 9 heteroatoms. The molecule has 0 fully saturated rings. The summed E-state index contributed by atoms with van der Waals surface area (Å²) < 4.78 is 22.0. The first-order valence-electron chi connectivity index (χ1n) is 10.3. The van der Waals surface area contributed by atoms with E-state index >= 15 is 0 Å². The van der Waals surface area contributed by atoms with Gasteiger partial charge in [0.2, 0.25) is 0 Å². The molecule has 0 aliphatic carbocycles. The number of hydrogen-bond donors (Lipinski definition) is 5. The van der Waals surface area contributed by atoms with Crippen molar-refractivity contribution in [3.05, 3.63) is 47.5 Å². The molecule has 0 aromatic heterocycles. The third-order valence-electron chi connectivity index (χ3n) is 4.85. The highest BCUT2D eigenvalue weighted by atomic mass is 16.5. The van der Waals surface area contributed by atoms with Crippen molar-refractivity contribution < 1.29 is 44.5 Å². The van der Waals surface area contributed by atoms with Crippen LogP contribution < -0.4 is 18.9 Å². The SMILES string of the molecule is COc1cc(CCCO)cc(O[C@H](CO)[C@H](O)c2ccc(OC(CO)CO)c(OC)c2)c1. The Morgan fingerprint density at radius 1 is 0.781 bits per heavy atom. The minimum Gasteiger partial charge on any atom is -0.497 e. The van der Waals surface area contributed by atoms with Gasteiger partial charge in [0.05, 0.1) is 34.0 Å². The van der Waals surface area contributed by atoms with Gasteiger partial charge in [-0.1, -0.05) is 6.07 Å². The molecule has 0 saturated carbocycles. The van der Waals surface area contributed by atoms with Gasteiger partial charge in [-0.25, -0.2) is 0 Å². The summed E-state index contributed by atoms with van der Waals surface area (Å²) in [6.07, 6.45) is -1.77. The first kappa shape index (κ1) is 25.7. The van der Waals surface area contributed by atoms with E-state index in [0.29, 0.717) is 35.7 Å². The summed E-state index contributed by atoms with van der Waals surface area (Å²) in [4.78, 5) is 0. The molecule has 0 radical (unpaired) electrons. The number of aliphatic hydroxyl groups excluding tert-OH is 5. The predicted octanol–water partition coefficient (Wildman–Crippen LogP) is 0.834. The molecule has 2 rings (SSSR count). The number of aliphatic hydroxyl groups is 5. The maximum atomic E-state index is 10.8. The lowest BCUT2D eigenvalue weighted by Gasteiger charge is -2.24. The summed E-state index contributed by atoms with van der Waals surface area (Å²) >= 11 is 0. The lowest BCUT2D eigenvalue weighted by atomic mass is 10.0. The molecule has 9 nitrogen and oxygen atoms in total. The summed E-state index contributed by atoms with van der Waals surface area (Å²) in [5.41, 5.74) is 1.31. The summed E-state index contributed by atoms with van der Waals surface area (Å²) in [5, 5.41) is 48.2. The molecular formula is C23H32O9. The highest BCUT2D eigenvalue weighted by molar-refractivity contribution is 5.44. The molecule has 0 bridgehead atoms. The zero-order valence-electron chi connectivity index (χ0n) is 18.3. The lowest BCUT2D eigenvalue weighted by molar-refractivity contribution is 0.000455. The second-order valence-corrected chi connectivity index (χ2v) is 7.14. The summed E-state index contributed by atoms with van der Waals surface area (Å²) in [5.74, 6) is 1.56. The van der Waals surface area contributed by atoms with Crippen molar-refractivity contribution in [1.29, 1.82) is 0 Å². The average molecular weight is 453 g/mol. The van der Waals surface area contributed by atoms with E-state index in [2.05, 4.69) is 0 Å².